The van der Waals surface area contributed by atoms with E-state index in [4.69, 9.17) is 16.3 Å². The van der Waals surface area contributed by atoms with Gasteiger partial charge in [-0.2, -0.15) is 19.6 Å². The van der Waals surface area contributed by atoms with Crippen LogP contribution in [0.25, 0.3) is 5.95 Å². The van der Waals surface area contributed by atoms with E-state index in [0.29, 0.717) is 0 Å². The van der Waals surface area contributed by atoms with Crippen LogP contribution in [0.5, 0.6) is 6.01 Å². The summed E-state index contributed by atoms with van der Waals surface area (Å²) >= 11 is 5.68. The molecule has 2 aromatic rings. The largest absolute Gasteiger partial charge is 0.467 e. The second kappa shape index (κ2) is 4.92. The molecule has 2 rings (SSSR count). The summed E-state index contributed by atoms with van der Waals surface area (Å²) in [5.41, 5.74) is 0. The first-order valence-electron chi connectivity index (χ1n) is 4.60. The number of carbonyl (C=O) groups excluding carboxylic acids is 1. The number of halogens is 1. The Hall–Kier alpha value is -2.29. The molecule has 0 bridgehead atoms. The highest BCUT2D eigenvalue weighted by Crippen LogP contribution is 2.10. The molecule has 9 nitrogen and oxygen atoms in total. The number of carbonyl (C=O) groups is 1. The van der Waals surface area contributed by atoms with E-state index in [2.05, 4.69) is 29.8 Å². The zero-order chi connectivity index (χ0) is 13.1. The van der Waals surface area contributed by atoms with Crippen molar-refractivity contribution in [1.82, 2.24) is 29.7 Å². The molecule has 0 atom stereocenters. The molecule has 0 saturated carbocycles. The van der Waals surface area contributed by atoms with Crippen LogP contribution in [-0.4, -0.2) is 49.9 Å². The van der Waals surface area contributed by atoms with Crippen molar-refractivity contribution in [2.24, 2.45) is 0 Å². The molecule has 0 spiro atoms. The molecule has 0 aliphatic rings. The maximum atomic E-state index is 11.2. The Bertz CT molecular complexity index is 586. The van der Waals surface area contributed by atoms with E-state index in [0.717, 1.165) is 4.68 Å². The molecule has 0 aromatic carbocycles. The summed E-state index contributed by atoms with van der Waals surface area (Å²) in [5, 5.41) is 3.77. The van der Waals surface area contributed by atoms with Gasteiger partial charge in [-0.25, -0.2) is 9.78 Å². The first-order chi connectivity index (χ1) is 8.63. The zero-order valence-electron chi connectivity index (χ0n) is 9.36. The van der Waals surface area contributed by atoms with Crippen LogP contribution >= 0.6 is 11.6 Å². The molecular weight excluding hydrogens is 264 g/mol. The van der Waals surface area contributed by atoms with Crippen molar-refractivity contribution < 1.29 is 14.3 Å². The molecule has 94 valence electrons. The minimum atomic E-state index is -0.666. The number of aromatic nitrogens is 6. The number of ether oxygens (including phenoxy) is 2. The van der Waals surface area contributed by atoms with Gasteiger partial charge >= 0.3 is 12.0 Å². The lowest BCUT2D eigenvalue weighted by atomic mass is 10.6. The van der Waals surface area contributed by atoms with E-state index >= 15 is 0 Å². The van der Waals surface area contributed by atoms with Crippen LogP contribution < -0.4 is 4.74 Å². The first kappa shape index (κ1) is 12.2. The Morgan fingerprint density at radius 1 is 1.33 bits per heavy atom. The van der Waals surface area contributed by atoms with Gasteiger partial charge in [0, 0.05) is 0 Å². The summed E-state index contributed by atoms with van der Waals surface area (Å²) in [6.45, 7) is 0. The van der Waals surface area contributed by atoms with Crippen molar-refractivity contribution in [1.29, 1.82) is 0 Å². The van der Waals surface area contributed by atoms with E-state index in [1.165, 1.54) is 20.5 Å². The van der Waals surface area contributed by atoms with Crippen molar-refractivity contribution in [3.8, 4) is 12.0 Å². The van der Waals surface area contributed by atoms with Crippen molar-refractivity contribution in [2.75, 3.05) is 14.2 Å². The topological polar surface area (TPSA) is 105 Å². The molecule has 0 N–H and O–H groups in total. The highest BCUT2D eigenvalue weighted by Gasteiger charge is 2.14. The lowest BCUT2D eigenvalue weighted by Crippen LogP contribution is -2.08. The van der Waals surface area contributed by atoms with Crippen molar-refractivity contribution >= 4 is 17.6 Å². The van der Waals surface area contributed by atoms with Gasteiger partial charge in [0.15, 0.2) is 0 Å². The second-order valence-corrected chi connectivity index (χ2v) is 3.23. The molecule has 0 aliphatic heterocycles. The molecular formula is C8H7ClN6O3. The first-order valence-corrected chi connectivity index (χ1v) is 4.97. The van der Waals surface area contributed by atoms with Gasteiger partial charge in [-0.15, -0.1) is 5.10 Å². The summed E-state index contributed by atoms with van der Waals surface area (Å²) in [4.78, 5) is 26.4. The lowest BCUT2D eigenvalue weighted by Gasteiger charge is -2.01. The standard InChI is InChI=1S/C8H7ClN6O3/c1-17-5(16)4-10-3-15(14-4)7-11-6(9)12-8(13-7)18-2/h3H,1-2H3. The van der Waals surface area contributed by atoms with Gasteiger partial charge in [-0.3, -0.25) is 0 Å². The monoisotopic (exact) mass is 270 g/mol. The van der Waals surface area contributed by atoms with Crippen LogP contribution in [0.2, 0.25) is 5.28 Å². The Morgan fingerprint density at radius 2 is 2.11 bits per heavy atom. The molecule has 0 radical (unpaired) electrons. The Kier molecular flexibility index (Phi) is 3.33. The van der Waals surface area contributed by atoms with Crippen LogP contribution in [0.3, 0.4) is 0 Å². The van der Waals surface area contributed by atoms with E-state index in [-0.39, 0.29) is 23.1 Å². The van der Waals surface area contributed by atoms with E-state index in [1.54, 1.807) is 0 Å². The van der Waals surface area contributed by atoms with E-state index < -0.39 is 5.97 Å². The molecule has 2 heterocycles. The molecule has 0 saturated heterocycles. The summed E-state index contributed by atoms with van der Waals surface area (Å²) < 4.78 is 10.5. The second-order valence-electron chi connectivity index (χ2n) is 2.90. The van der Waals surface area contributed by atoms with Gasteiger partial charge in [0.2, 0.25) is 5.28 Å². The van der Waals surface area contributed by atoms with Crippen LogP contribution in [0, 0.1) is 0 Å². The fourth-order valence-electron chi connectivity index (χ4n) is 1.06. The zero-order valence-corrected chi connectivity index (χ0v) is 10.1. The third-order valence-electron chi connectivity index (χ3n) is 1.82. The van der Waals surface area contributed by atoms with Crippen molar-refractivity contribution in [3.05, 3.63) is 17.4 Å². The predicted octanol–water partition coefficient (Wildman–Crippen LogP) is -0.0991. The molecule has 10 heteroatoms. The number of nitrogens with zero attached hydrogens (tertiary/aromatic N) is 6. The highest BCUT2D eigenvalue weighted by molar-refractivity contribution is 6.28. The Morgan fingerprint density at radius 3 is 2.78 bits per heavy atom. The van der Waals surface area contributed by atoms with E-state index in [1.807, 2.05) is 0 Å². The van der Waals surface area contributed by atoms with Crippen molar-refractivity contribution in [3.63, 3.8) is 0 Å². The van der Waals surface area contributed by atoms with Crippen LogP contribution in [-0.2, 0) is 4.74 Å². The van der Waals surface area contributed by atoms with Gasteiger partial charge in [0.1, 0.15) is 6.33 Å². The third-order valence-corrected chi connectivity index (χ3v) is 1.99. The van der Waals surface area contributed by atoms with Gasteiger partial charge < -0.3 is 9.47 Å². The molecule has 0 aliphatic carbocycles. The molecule has 0 unspecified atom stereocenters. The Labute approximate surface area is 106 Å². The van der Waals surface area contributed by atoms with Gasteiger partial charge in [-0.1, -0.05) is 0 Å². The van der Waals surface area contributed by atoms with Gasteiger partial charge in [0.25, 0.3) is 11.8 Å². The fourth-order valence-corrected chi connectivity index (χ4v) is 1.21. The van der Waals surface area contributed by atoms with Crippen LogP contribution in [0.4, 0.5) is 0 Å². The van der Waals surface area contributed by atoms with Crippen LogP contribution in [0.15, 0.2) is 6.33 Å². The molecule has 18 heavy (non-hydrogen) atoms. The number of hydrogen-bond donors (Lipinski definition) is 0. The Balaban J connectivity index is 2.39. The lowest BCUT2D eigenvalue weighted by molar-refractivity contribution is 0.0587. The number of esters is 1. The number of rotatable bonds is 3. The summed E-state index contributed by atoms with van der Waals surface area (Å²) in [6.07, 6.45) is 1.25. The molecule has 0 amide bonds. The maximum Gasteiger partial charge on any atom is 0.377 e. The van der Waals surface area contributed by atoms with E-state index in [9.17, 15) is 4.79 Å². The number of hydrogen-bond acceptors (Lipinski definition) is 8. The smallest absolute Gasteiger partial charge is 0.377 e. The third kappa shape index (κ3) is 2.35. The van der Waals surface area contributed by atoms with Crippen molar-refractivity contribution in [2.45, 2.75) is 0 Å². The quantitative estimate of drug-likeness (QED) is 0.712. The predicted molar refractivity (Wildman–Crippen MR) is 57.6 cm³/mol. The normalized spacial score (nSPS) is 10.2. The summed E-state index contributed by atoms with van der Waals surface area (Å²) in [7, 11) is 2.61. The summed E-state index contributed by atoms with van der Waals surface area (Å²) in [6, 6.07) is 0.0279. The highest BCUT2D eigenvalue weighted by atomic mass is 35.5. The fraction of sp³-hybridized carbons (Fsp3) is 0.250. The number of methoxy groups -OCH3 is 2. The van der Waals surface area contributed by atoms with Crippen LogP contribution in [0.1, 0.15) is 10.6 Å². The molecule has 2 aromatic heterocycles. The maximum absolute atomic E-state index is 11.2. The SMILES string of the molecule is COC(=O)c1ncn(-c2nc(Cl)nc(OC)n2)n1. The van der Waals surface area contributed by atoms with Gasteiger partial charge in [0.05, 0.1) is 14.2 Å². The average molecular weight is 271 g/mol. The minimum absolute atomic E-state index is 0.0279. The minimum Gasteiger partial charge on any atom is -0.467 e. The average Bonchev–Trinajstić information content (AvgIpc) is 2.86. The molecule has 0 fully saturated rings. The van der Waals surface area contributed by atoms with Gasteiger partial charge in [-0.05, 0) is 11.6 Å². The summed E-state index contributed by atoms with van der Waals surface area (Å²) in [5.74, 6) is -0.705.